The first-order valence-electron chi connectivity index (χ1n) is 9.37. The Morgan fingerprint density at radius 2 is 1.64 bits per heavy atom. The zero-order valence-corrected chi connectivity index (χ0v) is 17.3. The number of piperazine rings is 1. The van der Waals surface area contributed by atoms with Gasteiger partial charge in [-0.25, -0.2) is 8.42 Å². The summed E-state index contributed by atoms with van der Waals surface area (Å²) in [4.78, 5) is 14.7. The lowest BCUT2D eigenvalue weighted by Crippen LogP contribution is -2.53. The van der Waals surface area contributed by atoms with Gasteiger partial charge in [0.15, 0.2) is 6.10 Å². The van der Waals surface area contributed by atoms with E-state index in [-0.39, 0.29) is 19.0 Å². The Bertz CT molecular complexity index is 936. The zero-order chi connectivity index (χ0) is 20.3. The Morgan fingerprint density at radius 3 is 2.29 bits per heavy atom. The molecule has 1 atom stereocenters. The van der Waals surface area contributed by atoms with Crippen LogP contribution >= 0.6 is 0 Å². The maximum absolute atomic E-state index is 13.0. The number of benzene rings is 2. The summed E-state index contributed by atoms with van der Waals surface area (Å²) in [5.41, 5.74) is 1.64. The first-order valence-corrected chi connectivity index (χ1v) is 10.8. The van der Waals surface area contributed by atoms with Crippen LogP contribution in [0.2, 0.25) is 0 Å². The molecule has 1 amide bonds. The molecule has 3 rings (SSSR count). The summed E-state index contributed by atoms with van der Waals surface area (Å²) in [5, 5.41) is 0. The van der Waals surface area contributed by atoms with Gasteiger partial charge in [0.1, 0.15) is 5.75 Å². The molecule has 0 bridgehead atoms. The average Bonchev–Trinajstić information content (AvgIpc) is 2.70. The van der Waals surface area contributed by atoms with Gasteiger partial charge in [0.25, 0.3) is 5.91 Å². The second-order valence-corrected chi connectivity index (χ2v) is 8.98. The van der Waals surface area contributed by atoms with Gasteiger partial charge in [-0.05, 0) is 50.1 Å². The van der Waals surface area contributed by atoms with Crippen LogP contribution in [0.25, 0.3) is 0 Å². The monoisotopic (exact) mass is 402 g/mol. The molecular weight excluding hydrogens is 376 g/mol. The predicted octanol–water partition coefficient (Wildman–Crippen LogP) is 2.60. The van der Waals surface area contributed by atoms with E-state index in [0.29, 0.717) is 23.7 Å². The second kappa shape index (κ2) is 8.32. The maximum Gasteiger partial charge on any atom is 0.263 e. The largest absolute Gasteiger partial charge is 0.481 e. The van der Waals surface area contributed by atoms with E-state index in [9.17, 15) is 13.2 Å². The molecule has 0 aromatic heterocycles. The van der Waals surface area contributed by atoms with E-state index < -0.39 is 16.1 Å². The molecule has 0 aliphatic carbocycles. The highest BCUT2D eigenvalue weighted by Gasteiger charge is 2.32. The van der Waals surface area contributed by atoms with Gasteiger partial charge in [0.2, 0.25) is 10.0 Å². The summed E-state index contributed by atoms with van der Waals surface area (Å²) in [5.74, 6) is 0.507. The highest BCUT2D eigenvalue weighted by molar-refractivity contribution is 7.89. The third-order valence-electron chi connectivity index (χ3n) is 4.92. The van der Waals surface area contributed by atoms with Crippen LogP contribution in [0.5, 0.6) is 5.75 Å². The Hall–Kier alpha value is -2.38. The highest BCUT2D eigenvalue weighted by Crippen LogP contribution is 2.23. The topological polar surface area (TPSA) is 66.9 Å². The quantitative estimate of drug-likeness (QED) is 0.771. The number of ether oxygens (including phenoxy) is 1. The lowest BCUT2D eigenvalue weighted by atomic mass is 10.2. The van der Waals surface area contributed by atoms with Crippen molar-refractivity contribution in [3.63, 3.8) is 0 Å². The van der Waals surface area contributed by atoms with Crippen molar-refractivity contribution in [1.29, 1.82) is 0 Å². The molecule has 0 unspecified atom stereocenters. The van der Waals surface area contributed by atoms with Gasteiger partial charge in [-0.1, -0.05) is 30.3 Å². The number of carbonyl (C=O) groups excluding carboxylic acids is 1. The number of carbonyl (C=O) groups is 1. The summed E-state index contributed by atoms with van der Waals surface area (Å²) < 4.78 is 33.2. The molecule has 1 aliphatic rings. The Labute approximate surface area is 166 Å². The predicted molar refractivity (Wildman–Crippen MR) is 108 cm³/mol. The fourth-order valence-electron chi connectivity index (χ4n) is 3.28. The minimum Gasteiger partial charge on any atom is -0.481 e. The Morgan fingerprint density at radius 1 is 1.00 bits per heavy atom. The van der Waals surface area contributed by atoms with Gasteiger partial charge in [-0.2, -0.15) is 4.31 Å². The molecule has 1 aliphatic heterocycles. The van der Waals surface area contributed by atoms with Crippen LogP contribution in [0.3, 0.4) is 0 Å². The fraction of sp³-hybridized carbons (Fsp3) is 0.381. The van der Waals surface area contributed by atoms with Crippen molar-refractivity contribution in [1.82, 2.24) is 9.21 Å². The molecule has 0 radical (unpaired) electrons. The molecule has 150 valence electrons. The van der Waals surface area contributed by atoms with Crippen molar-refractivity contribution in [2.45, 2.75) is 31.8 Å². The normalized spacial score (nSPS) is 16.6. The number of rotatable bonds is 5. The van der Waals surface area contributed by atoms with Crippen molar-refractivity contribution in [2.24, 2.45) is 0 Å². The van der Waals surface area contributed by atoms with Crippen molar-refractivity contribution in [3.05, 3.63) is 59.7 Å². The third kappa shape index (κ3) is 4.36. The van der Waals surface area contributed by atoms with Crippen LogP contribution in [0.4, 0.5) is 0 Å². The Kier molecular flexibility index (Phi) is 6.05. The average molecular weight is 403 g/mol. The van der Waals surface area contributed by atoms with Crippen LogP contribution in [-0.4, -0.2) is 55.8 Å². The zero-order valence-electron chi connectivity index (χ0n) is 16.5. The number of para-hydroxylation sites is 1. The van der Waals surface area contributed by atoms with Crippen molar-refractivity contribution < 1.29 is 17.9 Å². The lowest BCUT2D eigenvalue weighted by molar-refractivity contribution is -0.139. The summed E-state index contributed by atoms with van der Waals surface area (Å²) in [7, 11) is -3.57. The van der Waals surface area contributed by atoms with Crippen LogP contribution in [0.1, 0.15) is 18.1 Å². The molecule has 0 spiro atoms. The molecule has 28 heavy (non-hydrogen) atoms. The summed E-state index contributed by atoms with van der Waals surface area (Å²) in [6.45, 7) is 6.66. The summed E-state index contributed by atoms with van der Waals surface area (Å²) in [6, 6.07) is 14.6. The number of amides is 1. The molecule has 1 fully saturated rings. The molecule has 0 saturated carbocycles. The van der Waals surface area contributed by atoms with Crippen LogP contribution in [0.15, 0.2) is 53.4 Å². The van der Waals surface area contributed by atoms with E-state index in [4.69, 9.17) is 4.74 Å². The molecule has 2 aromatic rings. The van der Waals surface area contributed by atoms with Gasteiger partial charge >= 0.3 is 0 Å². The first-order chi connectivity index (χ1) is 13.3. The summed E-state index contributed by atoms with van der Waals surface area (Å²) >= 11 is 0. The van der Waals surface area contributed by atoms with E-state index in [1.54, 1.807) is 36.9 Å². The number of sulfonamides is 1. The maximum atomic E-state index is 13.0. The molecule has 1 heterocycles. The fourth-order valence-corrected chi connectivity index (χ4v) is 5.02. The van der Waals surface area contributed by atoms with E-state index in [1.807, 2.05) is 37.3 Å². The molecule has 1 saturated heterocycles. The molecule has 2 aromatic carbocycles. The minimum atomic E-state index is -3.57. The second-order valence-electron chi connectivity index (χ2n) is 7.07. The SMILES string of the molecule is Cc1ccc(C)c(S(=O)(=O)N2CCN(C(=O)[C@H](C)Oc3ccccc3)CC2)c1. The van der Waals surface area contributed by atoms with Crippen molar-refractivity contribution in [3.8, 4) is 5.75 Å². The molecule has 0 N–H and O–H groups in total. The van der Waals surface area contributed by atoms with Gasteiger partial charge in [0.05, 0.1) is 4.90 Å². The van der Waals surface area contributed by atoms with Crippen molar-refractivity contribution in [2.75, 3.05) is 26.2 Å². The number of hydrogen-bond acceptors (Lipinski definition) is 4. The minimum absolute atomic E-state index is 0.132. The van der Waals surface area contributed by atoms with Crippen molar-refractivity contribution >= 4 is 15.9 Å². The van der Waals surface area contributed by atoms with Gasteiger partial charge < -0.3 is 9.64 Å². The van der Waals surface area contributed by atoms with Gasteiger partial charge in [-0.3, -0.25) is 4.79 Å². The van der Waals surface area contributed by atoms with E-state index in [2.05, 4.69) is 0 Å². The first kappa shape index (κ1) is 20.4. The standard InChI is InChI=1S/C21H26N2O4S/c1-16-9-10-17(2)20(15-16)28(25,26)23-13-11-22(12-14-23)21(24)18(3)27-19-7-5-4-6-8-19/h4-10,15,18H,11-14H2,1-3H3/t18-/m0/s1. The highest BCUT2D eigenvalue weighted by atomic mass is 32.2. The van der Waals surface area contributed by atoms with E-state index in [0.717, 1.165) is 11.1 Å². The third-order valence-corrected chi connectivity index (χ3v) is 6.96. The van der Waals surface area contributed by atoms with E-state index in [1.165, 1.54) is 4.31 Å². The van der Waals surface area contributed by atoms with Gasteiger partial charge in [0, 0.05) is 26.2 Å². The molecular formula is C21H26N2O4S. The Balaban J connectivity index is 1.63. The molecule has 7 heteroatoms. The summed E-state index contributed by atoms with van der Waals surface area (Å²) in [6.07, 6.45) is -0.621. The van der Waals surface area contributed by atoms with Gasteiger partial charge in [-0.15, -0.1) is 0 Å². The number of nitrogens with zero attached hydrogens (tertiary/aromatic N) is 2. The molecule has 6 nitrogen and oxygen atoms in total. The van der Waals surface area contributed by atoms with Crippen LogP contribution in [-0.2, 0) is 14.8 Å². The number of hydrogen-bond donors (Lipinski definition) is 0. The smallest absolute Gasteiger partial charge is 0.263 e. The lowest BCUT2D eigenvalue weighted by Gasteiger charge is -2.35. The van der Waals surface area contributed by atoms with Crippen LogP contribution in [0, 0.1) is 13.8 Å². The van der Waals surface area contributed by atoms with Crippen LogP contribution < -0.4 is 4.74 Å². The van der Waals surface area contributed by atoms with E-state index >= 15 is 0 Å². The number of aryl methyl sites for hydroxylation is 2.